The number of amides is 8. The van der Waals surface area contributed by atoms with Gasteiger partial charge in [-0.05, 0) is 45.4 Å². The predicted molar refractivity (Wildman–Crippen MR) is 236 cm³/mol. The van der Waals surface area contributed by atoms with Crippen LogP contribution in [0.2, 0.25) is 0 Å². The molecule has 3 aliphatic rings. The van der Waals surface area contributed by atoms with Crippen LogP contribution in [0, 0.1) is 5.92 Å². The number of hydrogen-bond donors (Lipinski definition) is 14. The van der Waals surface area contributed by atoms with Gasteiger partial charge in [0.05, 0.1) is 43.0 Å². The smallest absolute Gasteiger partial charge is 0.446 e. The van der Waals surface area contributed by atoms with Crippen LogP contribution in [0.3, 0.4) is 0 Å². The standard InChI is InChI=1S/C41H62N8O20S/c1-17-15-49-32(33(17)57)37(61)43-14-20(51)11-22(44-40(64)68-41(3,4)5)34(58)45-29(18(2)50)38(62)48-16-21(52)12-23(48)35(59)46-30(36(60)47-31(39(49)63)26(55)13-28(56)42-6)25(54)9-19-7-8-24(53)27(10-19)69-70(65,66)67/h7-8,10,17-18,20-23,25-26,29-33,50-55,57H,9,11-16H2,1-6H3,(H,42,56)(H,43,61)(H,44,64)(H,45,58)(H,46,59)(H,47,60)(H,65,66,67)/t17-,18+,20+,21+,22?,23-,25+,26+,29?,30-,31-,32-,33-/m0/s1. The highest BCUT2D eigenvalue weighted by atomic mass is 32.3. The molecule has 0 aromatic heterocycles. The molecule has 13 atom stereocenters. The van der Waals surface area contributed by atoms with Crippen LogP contribution in [0.4, 0.5) is 4.79 Å². The van der Waals surface area contributed by atoms with Crippen molar-refractivity contribution < 1.29 is 96.0 Å². The van der Waals surface area contributed by atoms with Crippen molar-refractivity contribution >= 4 is 57.8 Å². The third-order valence-electron chi connectivity index (χ3n) is 11.5. The normalized spacial score (nSPS) is 29.2. The number of aromatic hydroxyl groups is 1. The summed E-state index contributed by atoms with van der Waals surface area (Å²) >= 11 is 0. The van der Waals surface area contributed by atoms with E-state index in [1.807, 2.05) is 0 Å². The maximum Gasteiger partial charge on any atom is 0.446 e. The molecule has 28 nitrogen and oxygen atoms in total. The number of rotatable bonds is 10. The molecular formula is C41H62N8O20S. The van der Waals surface area contributed by atoms with Crippen LogP contribution in [0.5, 0.6) is 11.5 Å². The van der Waals surface area contributed by atoms with Crippen LogP contribution in [0.15, 0.2) is 18.2 Å². The van der Waals surface area contributed by atoms with E-state index in [-0.39, 0.29) is 5.56 Å². The van der Waals surface area contributed by atoms with Gasteiger partial charge in [0, 0.05) is 51.9 Å². The van der Waals surface area contributed by atoms with Crippen LogP contribution in [0.1, 0.15) is 59.4 Å². The van der Waals surface area contributed by atoms with Crippen molar-refractivity contribution in [2.45, 2.75) is 139 Å². The van der Waals surface area contributed by atoms with Crippen LogP contribution in [-0.2, 0) is 55.1 Å². The molecule has 1 aromatic rings. The number of fused-ring (bicyclic) bond motifs is 2. The first-order chi connectivity index (χ1) is 32.4. The molecule has 0 bridgehead atoms. The lowest BCUT2D eigenvalue weighted by Crippen LogP contribution is -2.64. The second-order valence-corrected chi connectivity index (χ2v) is 19.4. The Balaban J connectivity index is 1.87. The van der Waals surface area contributed by atoms with Gasteiger partial charge in [-0.1, -0.05) is 13.0 Å². The molecule has 0 radical (unpaired) electrons. The highest BCUT2D eigenvalue weighted by Gasteiger charge is 2.50. The van der Waals surface area contributed by atoms with E-state index >= 15 is 0 Å². The lowest BCUT2D eigenvalue weighted by molar-refractivity contribution is -0.147. The molecule has 3 saturated heterocycles. The molecule has 0 saturated carbocycles. The van der Waals surface area contributed by atoms with E-state index in [2.05, 4.69) is 36.1 Å². The molecule has 8 amide bonds. The first kappa shape index (κ1) is 56.6. The maximum absolute atomic E-state index is 14.5. The van der Waals surface area contributed by atoms with Crippen molar-refractivity contribution in [1.82, 2.24) is 41.7 Å². The minimum atomic E-state index is -5.21. The zero-order chi connectivity index (χ0) is 52.7. The molecule has 3 heterocycles. The first-order valence-corrected chi connectivity index (χ1v) is 23.3. The van der Waals surface area contributed by atoms with E-state index in [1.54, 1.807) is 0 Å². The Morgan fingerprint density at radius 3 is 2.06 bits per heavy atom. The summed E-state index contributed by atoms with van der Waals surface area (Å²) in [7, 11) is -4.02. The van der Waals surface area contributed by atoms with E-state index in [0.29, 0.717) is 0 Å². The second-order valence-electron chi connectivity index (χ2n) is 18.4. The largest absolute Gasteiger partial charge is 0.504 e. The van der Waals surface area contributed by atoms with Crippen LogP contribution in [0.25, 0.3) is 0 Å². The topological polar surface area (TPSA) is 430 Å². The van der Waals surface area contributed by atoms with Crippen molar-refractivity contribution in [2.75, 3.05) is 26.7 Å². The fraction of sp³-hybridized carbons (Fsp3) is 0.659. The number of aliphatic hydroxyl groups excluding tert-OH is 6. The van der Waals surface area contributed by atoms with Crippen LogP contribution in [-0.4, -0.2) is 211 Å². The summed E-state index contributed by atoms with van der Waals surface area (Å²) in [5.41, 5.74) is -1.23. The molecule has 29 heteroatoms. The third-order valence-corrected chi connectivity index (χ3v) is 11.9. The van der Waals surface area contributed by atoms with Crippen molar-refractivity contribution in [3.63, 3.8) is 0 Å². The fourth-order valence-electron chi connectivity index (χ4n) is 8.00. The van der Waals surface area contributed by atoms with Gasteiger partial charge in [0.2, 0.25) is 41.4 Å². The van der Waals surface area contributed by atoms with Crippen LogP contribution < -0.4 is 36.1 Å². The number of carbonyl (C=O) groups excluding carboxylic acids is 8. The Morgan fingerprint density at radius 2 is 1.46 bits per heavy atom. The number of aliphatic hydroxyl groups is 6. The van der Waals surface area contributed by atoms with E-state index in [1.165, 1.54) is 34.7 Å². The monoisotopic (exact) mass is 1020 g/mol. The van der Waals surface area contributed by atoms with Gasteiger partial charge in [0.1, 0.15) is 41.9 Å². The fourth-order valence-corrected chi connectivity index (χ4v) is 8.36. The number of phenols is 1. The predicted octanol–water partition coefficient (Wildman–Crippen LogP) is -6.25. The van der Waals surface area contributed by atoms with Gasteiger partial charge < -0.3 is 86.4 Å². The van der Waals surface area contributed by atoms with Crippen molar-refractivity contribution in [2.24, 2.45) is 5.92 Å². The second kappa shape index (κ2) is 23.3. The van der Waals surface area contributed by atoms with Crippen molar-refractivity contribution in [1.29, 1.82) is 0 Å². The molecule has 0 aliphatic carbocycles. The average molecular weight is 1020 g/mol. The number of benzene rings is 1. The first-order valence-electron chi connectivity index (χ1n) is 22.0. The lowest BCUT2D eigenvalue weighted by atomic mass is 9.98. The van der Waals surface area contributed by atoms with Gasteiger partial charge in [-0.2, -0.15) is 8.42 Å². The number of hydrogen-bond acceptors (Lipinski definition) is 19. The Morgan fingerprint density at radius 1 is 0.843 bits per heavy atom. The summed E-state index contributed by atoms with van der Waals surface area (Å²) in [5, 5.41) is 90.8. The van der Waals surface area contributed by atoms with Gasteiger partial charge in [-0.15, -0.1) is 0 Å². The Bertz CT molecular complexity index is 2250. The summed E-state index contributed by atoms with van der Waals surface area (Å²) in [6.45, 7) is 5.33. The van der Waals surface area contributed by atoms with E-state index in [4.69, 9.17) is 4.74 Å². The van der Waals surface area contributed by atoms with Crippen molar-refractivity contribution in [3.05, 3.63) is 23.8 Å². The maximum atomic E-state index is 14.5. The molecule has 392 valence electrons. The van der Waals surface area contributed by atoms with Gasteiger partial charge in [-0.25, -0.2) is 4.79 Å². The molecule has 4 rings (SSSR count). The quantitative estimate of drug-likeness (QED) is 0.0970. The average Bonchev–Trinajstić information content (AvgIpc) is 3.79. The highest BCUT2D eigenvalue weighted by molar-refractivity contribution is 7.81. The van der Waals surface area contributed by atoms with E-state index < -0.39 is 199 Å². The molecule has 2 unspecified atom stereocenters. The molecule has 3 aliphatic heterocycles. The summed E-state index contributed by atoms with van der Waals surface area (Å²) in [6, 6.07) is -8.90. The molecule has 14 N–H and O–H groups in total. The highest BCUT2D eigenvalue weighted by Crippen LogP contribution is 2.30. The number of phenolic OH excluding ortho intramolecular Hbond substituents is 1. The number of carbonyl (C=O) groups is 8. The number of ether oxygens (including phenoxy) is 1. The third kappa shape index (κ3) is 15.0. The van der Waals surface area contributed by atoms with E-state index in [0.717, 1.165) is 34.9 Å². The van der Waals surface area contributed by atoms with E-state index in [9.17, 15) is 87.1 Å². The number of β-amino-alcohol motifs (C(OH)–C–C–N with tert-alkyl or cyclic N) is 1. The van der Waals surface area contributed by atoms with Gasteiger partial charge in [0.25, 0.3) is 0 Å². The molecular weight excluding hydrogens is 957 g/mol. The SMILES string of the molecule is CNC(=O)C[C@@H](O)[C@@H]1NC(=O)[C@H]([C@H](O)Cc2ccc(O)c(OS(=O)(=O)O)c2)NC(=O)[C@@H]2C[C@@H](O)CN2C(=O)C([C@@H](C)O)NC(=O)C(NC(=O)OC(C)(C)C)C[C@@H](O)CNC(=O)[C@@H]2[C@@H](O)[C@@H](C)CN2C1=O. The Labute approximate surface area is 401 Å². The molecule has 1 aromatic carbocycles. The van der Waals surface area contributed by atoms with Gasteiger partial charge in [-0.3, -0.25) is 38.1 Å². The van der Waals surface area contributed by atoms with Crippen molar-refractivity contribution in [3.8, 4) is 11.5 Å². The summed E-state index contributed by atoms with van der Waals surface area (Å²) in [4.78, 5) is 112. The minimum absolute atomic E-state index is 0.122. The number of nitrogens with one attached hydrogen (secondary N) is 6. The molecule has 0 spiro atoms. The van der Waals surface area contributed by atoms with Crippen LogP contribution >= 0.6 is 0 Å². The molecule has 3 fully saturated rings. The summed E-state index contributed by atoms with van der Waals surface area (Å²) < 4.78 is 41.8. The molecule has 70 heavy (non-hydrogen) atoms. The van der Waals surface area contributed by atoms with Gasteiger partial charge in [0.15, 0.2) is 11.5 Å². The lowest BCUT2D eigenvalue weighted by Gasteiger charge is -2.34. The number of nitrogens with zero attached hydrogens (tertiary/aromatic N) is 2. The van der Waals surface area contributed by atoms with Gasteiger partial charge >= 0.3 is 16.5 Å². The minimum Gasteiger partial charge on any atom is -0.504 e. The Hall–Kier alpha value is -5.95. The zero-order valence-corrected chi connectivity index (χ0v) is 39.8. The Kier molecular flexibility index (Phi) is 18.9. The summed E-state index contributed by atoms with van der Waals surface area (Å²) in [5.74, 6) is -10.9. The zero-order valence-electron chi connectivity index (χ0n) is 39.0. The summed E-state index contributed by atoms with van der Waals surface area (Å²) in [6.07, 6.45) is -14.9. The number of alkyl carbamates (subject to hydrolysis) is 1.